The molecule has 156 valence electrons. The minimum atomic E-state index is -0.744. The summed E-state index contributed by atoms with van der Waals surface area (Å²) in [6.45, 7) is 3.97. The number of benzene rings is 3. The van der Waals surface area contributed by atoms with Gasteiger partial charge in [0.05, 0.1) is 11.6 Å². The molecule has 3 aromatic carbocycles. The third kappa shape index (κ3) is 3.99. The maximum absolute atomic E-state index is 13.3. The van der Waals surface area contributed by atoms with Gasteiger partial charge in [-0.3, -0.25) is 9.59 Å². The van der Waals surface area contributed by atoms with Crippen molar-refractivity contribution in [2.75, 3.05) is 0 Å². The fourth-order valence-corrected chi connectivity index (χ4v) is 3.88. The van der Waals surface area contributed by atoms with Crippen LogP contribution in [0.15, 0.2) is 78.4 Å². The number of aliphatic hydroxyl groups excluding tert-OH is 1. The molecule has 4 rings (SSSR count). The van der Waals surface area contributed by atoms with Crippen molar-refractivity contribution in [2.24, 2.45) is 0 Å². The lowest BCUT2D eigenvalue weighted by Crippen LogP contribution is -2.29. The first-order valence-corrected chi connectivity index (χ1v) is 10.0. The maximum atomic E-state index is 13.3. The van der Waals surface area contributed by atoms with Gasteiger partial charge in [-0.15, -0.1) is 0 Å². The van der Waals surface area contributed by atoms with Crippen LogP contribution in [0.3, 0.4) is 0 Å². The van der Waals surface area contributed by atoms with E-state index < -0.39 is 17.7 Å². The van der Waals surface area contributed by atoms with Gasteiger partial charge in [-0.05, 0) is 37.1 Å². The van der Waals surface area contributed by atoms with E-state index in [0.717, 1.165) is 16.7 Å². The number of hydrogen-bond acceptors (Lipinski definition) is 3. The second kappa shape index (κ2) is 8.19. The summed E-state index contributed by atoms with van der Waals surface area (Å²) < 4.78 is 13.3. The van der Waals surface area contributed by atoms with Crippen molar-refractivity contribution in [1.29, 1.82) is 0 Å². The zero-order chi connectivity index (χ0) is 22.1. The van der Waals surface area contributed by atoms with E-state index in [1.54, 1.807) is 24.3 Å². The topological polar surface area (TPSA) is 57.6 Å². The van der Waals surface area contributed by atoms with E-state index >= 15 is 0 Å². The zero-order valence-electron chi connectivity index (χ0n) is 17.3. The number of carbonyl (C=O) groups excluding carboxylic acids is 2. The minimum absolute atomic E-state index is 0.0570. The number of halogens is 1. The monoisotopic (exact) mass is 415 g/mol. The average Bonchev–Trinajstić information content (AvgIpc) is 3.00. The molecule has 4 nitrogen and oxygen atoms in total. The largest absolute Gasteiger partial charge is 0.507 e. The van der Waals surface area contributed by atoms with Crippen LogP contribution in [0.25, 0.3) is 5.76 Å². The van der Waals surface area contributed by atoms with Crippen molar-refractivity contribution in [3.05, 3.63) is 112 Å². The van der Waals surface area contributed by atoms with Crippen molar-refractivity contribution >= 4 is 17.4 Å². The number of hydrogen-bond donors (Lipinski definition) is 1. The van der Waals surface area contributed by atoms with Crippen LogP contribution in [0.4, 0.5) is 4.39 Å². The molecule has 1 unspecified atom stereocenters. The van der Waals surface area contributed by atoms with Gasteiger partial charge in [0, 0.05) is 12.1 Å². The van der Waals surface area contributed by atoms with E-state index in [4.69, 9.17) is 0 Å². The molecule has 0 saturated carbocycles. The highest BCUT2D eigenvalue weighted by Gasteiger charge is 2.46. The van der Waals surface area contributed by atoms with Gasteiger partial charge in [0.15, 0.2) is 0 Å². The fraction of sp³-hybridized carbons (Fsp3) is 0.154. The quantitative estimate of drug-likeness (QED) is 0.368. The van der Waals surface area contributed by atoms with Gasteiger partial charge in [-0.25, -0.2) is 4.39 Å². The highest BCUT2D eigenvalue weighted by Crippen LogP contribution is 2.40. The Bertz CT molecular complexity index is 1180. The summed E-state index contributed by atoms with van der Waals surface area (Å²) in [4.78, 5) is 27.5. The molecule has 3 aromatic rings. The van der Waals surface area contributed by atoms with E-state index in [1.807, 2.05) is 50.2 Å². The molecule has 0 aliphatic carbocycles. The van der Waals surface area contributed by atoms with Gasteiger partial charge in [0.25, 0.3) is 11.7 Å². The zero-order valence-corrected chi connectivity index (χ0v) is 17.3. The maximum Gasteiger partial charge on any atom is 0.295 e. The summed E-state index contributed by atoms with van der Waals surface area (Å²) in [6, 6.07) is 19.7. The molecule has 1 aliphatic heterocycles. The first kappa shape index (κ1) is 20.5. The summed E-state index contributed by atoms with van der Waals surface area (Å²) in [5.41, 5.74) is 3.94. The number of amides is 1. The standard InChI is InChI=1S/C26H22FNO3/c1-16-6-10-19(11-7-16)24(29)22-23(20-5-3-4-17(2)14-20)28(26(31)25(22)30)15-18-8-12-21(27)13-9-18/h3-14,23,29H,15H2,1-2H3/b24-22-. The van der Waals surface area contributed by atoms with Crippen LogP contribution in [0.2, 0.25) is 0 Å². The molecule has 0 bridgehead atoms. The molecular weight excluding hydrogens is 393 g/mol. The van der Waals surface area contributed by atoms with E-state index in [-0.39, 0.29) is 23.7 Å². The Hall–Kier alpha value is -3.73. The SMILES string of the molecule is Cc1ccc(/C(O)=C2/C(=O)C(=O)N(Cc3ccc(F)cc3)C2c2cccc(C)c2)cc1. The van der Waals surface area contributed by atoms with Crippen LogP contribution in [0, 0.1) is 19.7 Å². The van der Waals surface area contributed by atoms with Crippen molar-refractivity contribution < 1.29 is 19.1 Å². The summed E-state index contributed by atoms with van der Waals surface area (Å²) in [5, 5.41) is 11.1. The fourth-order valence-electron chi connectivity index (χ4n) is 3.88. The molecule has 5 heteroatoms. The van der Waals surface area contributed by atoms with Crippen molar-refractivity contribution in [2.45, 2.75) is 26.4 Å². The van der Waals surface area contributed by atoms with Gasteiger partial charge >= 0.3 is 0 Å². The van der Waals surface area contributed by atoms with Crippen LogP contribution in [0.1, 0.15) is 33.9 Å². The molecule has 1 heterocycles. The molecule has 1 aliphatic rings. The average molecular weight is 415 g/mol. The number of aryl methyl sites for hydroxylation is 2. The van der Waals surface area contributed by atoms with Crippen molar-refractivity contribution in [3.8, 4) is 0 Å². The van der Waals surface area contributed by atoms with E-state index in [0.29, 0.717) is 11.1 Å². The minimum Gasteiger partial charge on any atom is -0.507 e. The molecule has 1 saturated heterocycles. The van der Waals surface area contributed by atoms with Crippen LogP contribution in [0.5, 0.6) is 0 Å². The molecule has 1 N–H and O–H groups in total. The summed E-state index contributed by atoms with van der Waals surface area (Å²) in [7, 11) is 0. The van der Waals surface area contributed by atoms with E-state index in [9.17, 15) is 19.1 Å². The Labute approximate surface area is 180 Å². The third-order valence-corrected chi connectivity index (χ3v) is 5.49. The first-order valence-electron chi connectivity index (χ1n) is 10.0. The Kier molecular flexibility index (Phi) is 5.42. The highest BCUT2D eigenvalue weighted by molar-refractivity contribution is 6.46. The van der Waals surface area contributed by atoms with Gasteiger partial charge in [-0.1, -0.05) is 71.8 Å². The Morgan fingerprint density at radius 3 is 2.26 bits per heavy atom. The lowest BCUT2D eigenvalue weighted by molar-refractivity contribution is -0.140. The van der Waals surface area contributed by atoms with Crippen LogP contribution >= 0.6 is 0 Å². The smallest absolute Gasteiger partial charge is 0.295 e. The normalized spacial score (nSPS) is 17.9. The number of likely N-dealkylation sites (tertiary alicyclic amines) is 1. The molecule has 1 fully saturated rings. The van der Waals surface area contributed by atoms with Crippen LogP contribution in [-0.4, -0.2) is 21.7 Å². The predicted molar refractivity (Wildman–Crippen MR) is 117 cm³/mol. The molecule has 0 aromatic heterocycles. The number of carbonyl (C=O) groups is 2. The Morgan fingerprint density at radius 1 is 0.935 bits per heavy atom. The predicted octanol–water partition coefficient (Wildman–Crippen LogP) is 5.06. The van der Waals surface area contributed by atoms with E-state index in [1.165, 1.54) is 17.0 Å². The Balaban J connectivity index is 1.85. The number of rotatable bonds is 4. The van der Waals surface area contributed by atoms with Gasteiger partial charge in [0.2, 0.25) is 0 Å². The second-order valence-corrected chi connectivity index (χ2v) is 7.83. The van der Waals surface area contributed by atoms with Crippen molar-refractivity contribution in [1.82, 2.24) is 4.90 Å². The number of aliphatic hydroxyl groups is 1. The summed E-state index contributed by atoms with van der Waals surface area (Å²) in [6.07, 6.45) is 0. The van der Waals surface area contributed by atoms with Gasteiger partial charge in [0.1, 0.15) is 11.6 Å². The first-order chi connectivity index (χ1) is 14.8. The summed E-state index contributed by atoms with van der Waals surface area (Å²) >= 11 is 0. The highest BCUT2D eigenvalue weighted by atomic mass is 19.1. The van der Waals surface area contributed by atoms with Gasteiger partial charge in [-0.2, -0.15) is 0 Å². The number of ketones is 1. The molecule has 31 heavy (non-hydrogen) atoms. The summed E-state index contributed by atoms with van der Waals surface area (Å²) in [5.74, 6) is -2.00. The second-order valence-electron chi connectivity index (χ2n) is 7.83. The molecule has 0 spiro atoms. The Morgan fingerprint density at radius 2 is 1.61 bits per heavy atom. The van der Waals surface area contributed by atoms with Crippen molar-refractivity contribution in [3.63, 3.8) is 0 Å². The third-order valence-electron chi connectivity index (χ3n) is 5.49. The molecule has 1 atom stereocenters. The lowest BCUT2D eigenvalue weighted by Gasteiger charge is -2.25. The van der Waals surface area contributed by atoms with E-state index in [2.05, 4.69) is 0 Å². The lowest BCUT2D eigenvalue weighted by atomic mass is 9.94. The van der Waals surface area contributed by atoms with Gasteiger partial charge < -0.3 is 10.0 Å². The number of nitrogens with zero attached hydrogens (tertiary/aromatic N) is 1. The van der Waals surface area contributed by atoms with Crippen LogP contribution < -0.4 is 0 Å². The molecule has 0 radical (unpaired) electrons. The number of Topliss-reactive ketones (excluding diaryl/α,β-unsaturated/α-hetero) is 1. The van der Waals surface area contributed by atoms with Crippen LogP contribution in [-0.2, 0) is 16.1 Å². The molecule has 1 amide bonds. The molecular formula is C26H22FNO3.